The molecule has 0 aliphatic carbocycles. The summed E-state index contributed by atoms with van der Waals surface area (Å²) in [6.45, 7) is 2.03. The van der Waals surface area contributed by atoms with E-state index in [1.807, 2.05) is 67.6 Å². The molecule has 1 unspecified atom stereocenters. The zero-order chi connectivity index (χ0) is 16.6. The third-order valence-electron chi connectivity index (χ3n) is 3.13. The Balaban J connectivity index is 1.50. The quantitative estimate of drug-likeness (QED) is 0.456. The maximum atomic E-state index is 5.91. The van der Waals surface area contributed by atoms with Crippen molar-refractivity contribution < 1.29 is 9.47 Å². The minimum absolute atomic E-state index is 0.0553. The van der Waals surface area contributed by atoms with E-state index < -0.39 is 0 Å². The Hall–Kier alpha value is -2.53. The van der Waals surface area contributed by atoms with Gasteiger partial charge in [-0.1, -0.05) is 30.0 Å². The maximum absolute atomic E-state index is 5.91. The Labute approximate surface area is 145 Å². The van der Waals surface area contributed by atoms with Crippen molar-refractivity contribution in [3.63, 3.8) is 0 Å². The predicted molar refractivity (Wildman–Crippen MR) is 95.8 cm³/mol. The Morgan fingerprint density at radius 3 is 2.17 bits per heavy atom. The molecule has 0 amide bonds. The third kappa shape index (κ3) is 4.99. The lowest BCUT2D eigenvalue weighted by Gasteiger charge is -2.14. The van der Waals surface area contributed by atoms with Crippen LogP contribution in [0.15, 0.2) is 78.2 Å². The molecule has 0 bridgehead atoms. The normalized spacial score (nSPS) is 11.7. The van der Waals surface area contributed by atoms with Crippen LogP contribution < -0.4 is 9.47 Å². The molecule has 0 aliphatic rings. The number of para-hydroxylation sites is 1. The number of nitrogens with zero attached hydrogens (tertiary/aromatic N) is 2. The lowest BCUT2D eigenvalue weighted by molar-refractivity contribution is 0.246. The van der Waals surface area contributed by atoms with Crippen molar-refractivity contribution >= 4 is 11.8 Å². The van der Waals surface area contributed by atoms with E-state index in [-0.39, 0.29) is 6.10 Å². The lowest BCUT2D eigenvalue weighted by atomic mass is 10.3. The fourth-order valence-corrected chi connectivity index (χ4v) is 2.75. The second kappa shape index (κ2) is 8.36. The van der Waals surface area contributed by atoms with Crippen molar-refractivity contribution in [3.8, 4) is 17.2 Å². The van der Waals surface area contributed by atoms with Crippen molar-refractivity contribution in [2.45, 2.75) is 18.2 Å². The van der Waals surface area contributed by atoms with Crippen molar-refractivity contribution in [1.82, 2.24) is 9.97 Å². The van der Waals surface area contributed by atoms with Gasteiger partial charge in [0.15, 0.2) is 5.16 Å². The van der Waals surface area contributed by atoms with Crippen LogP contribution in [0.25, 0.3) is 0 Å². The second-order valence-electron chi connectivity index (χ2n) is 5.16. The van der Waals surface area contributed by atoms with Crippen molar-refractivity contribution in [2.75, 3.05) is 5.75 Å². The van der Waals surface area contributed by atoms with Crippen LogP contribution in [0.3, 0.4) is 0 Å². The van der Waals surface area contributed by atoms with Gasteiger partial charge in [-0.3, -0.25) is 0 Å². The molecule has 3 aromatic rings. The molecule has 0 N–H and O–H groups in total. The highest BCUT2D eigenvalue weighted by Gasteiger charge is 2.07. The van der Waals surface area contributed by atoms with Gasteiger partial charge in [0.2, 0.25) is 0 Å². The number of benzene rings is 2. The smallest absolute Gasteiger partial charge is 0.187 e. The van der Waals surface area contributed by atoms with E-state index in [1.54, 1.807) is 24.2 Å². The van der Waals surface area contributed by atoms with Crippen LogP contribution in [-0.4, -0.2) is 21.8 Å². The van der Waals surface area contributed by atoms with Gasteiger partial charge in [-0.15, -0.1) is 0 Å². The largest absolute Gasteiger partial charge is 0.490 e. The summed E-state index contributed by atoms with van der Waals surface area (Å²) >= 11 is 1.58. The fourth-order valence-electron chi connectivity index (χ4n) is 2.03. The lowest BCUT2D eigenvalue weighted by Crippen LogP contribution is -2.14. The molecule has 0 aliphatic heterocycles. The van der Waals surface area contributed by atoms with Crippen LogP contribution in [-0.2, 0) is 0 Å². The summed E-state index contributed by atoms with van der Waals surface area (Å²) < 4.78 is 11.7. The standard InChI is InChI=1S/C19H18N2O2S/c1-15(14-24-19-20-12-5-13-21-19)22-17-8-10-18(11-9-17)23-16-6-3-2-4-7-16/h2-13,15H,14H2,1H3. The molecule has 5 heteroatoms. The van der Waals surface area contributed by atoms with Crippen molar-refractivity contribution in [1.29, 1.82) is 0 Å². The van der Waals surface area contributed by atoms with E-state index in [9.17, 15) is 0 Å². The Kier molecular flexibility index (Phi) is 5.69. The Morgan fingerprint density at radius 1 is 0.833 bits per heavy atom. The first-order valence-electron chi connectivity index (χ1n) is 7.69. The van der Waals surface area contributed by atoms with Crippen LogP contribution in [0.1, 0.15) is 6.92 Å². The highest BCUT2D eigenvalue weighted by Crippen LogP contribution is 2.24. The number of ether oxygens (including phenoxy) is 2. The van der Waals surface area contributed by atoms with Gasteiger partial charge < -0.3 is 9.47 Å². The van der Waals surface area contributed by atoms with Crippen molar-refractivity contribution in [2.24, 2.45) is 0 Å². The molecule has 1 heterocycles. The molecule has 3 rings (SSSR count). The zero-order valence-corrected chi connectivity index (χ0v) is 14.1. The monoisotopic (exact) mass is 338 g/mol. The number of hydrogen-bond donors (Lipinski definition) is 0. The number of hydrogen-bond acceptors (Lipinski definition) is 5. The molecule has 1 atom stereocenters. The minimum Gasteiger partial charge on any atom is -0.490 e. The summed E-state index contributed by atoms with van der Waals surface area (Å²) in [5.74, 6) is 3.20. The first-order valence-corrected chi connectivity index (χ1v) is 8.67. The molecule has 24 heavy (non-hydrogen) atoms. The van der Waals surface area contributed by atoms with E-state index in [2.05, 4.69) is 9.97 Å². The molecule has 1 aromatic heterocycles. The second-order valence-corrected chi connectivity index (χ2v) is 6.14. The van der Waals surface area contributed by atoms with Crippen LogP contribution in [0.2, 0.25) is 0 Å². The van der Waals surface area contributed by atoms with Gasteiger partial charge in [-0.2, -0.15) is 0 Å². The van der Waals surface area contributed by atoms with Crippen LogP contribution >= 0.6 is 11.8 Å². The van der Waals surface area contributed by atoms with E-state index in [4.69, 9.17) is 9.47 Å². The van der Waals surface area contributed by atoms with Crippen molar-refractivity contribution in [3.05, 3.63) is 73.1 Å². The zero-order valence-electron chi connectivity index (χ0n) is 13.3. The molecule has 0 spiro atoms. The predicted octanol–water partition coefficient (Wildman–Crippen LogP) is 4.83. The van der Waals surface area contributed by atoms with Gasteiger partial charge >= 0.3 is 0 Å². The molecule has 0 fully saturated rings. The summed E-state index contributed by atoms with van der Waals surface area (Å²) in [5, 5.41) is 0.763. The number of rotatable bonds is 7. The van der Waals surface area contributed by atoms with Crippen LogP contribution in [0, 0.1) is 0 Å². The average Bonchev–Trinajstić information content (AvgIpc) is 2.63. The van der Waals surface area contributed by atoms with Gasteiger partial charge in [0, 0.05) is 18.1 Å². The van der Waals surface area contributed by atoms with E-state index in [0.29, 0.717) is 0 Å². The highest BCUT2D eigenvalue weighted by molar-refractivity contribution is 7.99. The molecule has 0 saturated carbocycles. The van der Waals surface area contributed by atoms with Gasteiger partial charge in [-0.25, -0.2) is 9.97 Å². The van der Waals surface area contributed by atoms with Crippen LogP contribution in [0.5, 0.6) is 17.2 Å². The van der Waals surface area contributed by atoms with E-state index in [1.165, 1.54) is 0 Å². The van der Waals surface area contributed by atoms with E-state index >= 15 is 0 Å². The van der Waals surface area contributed by atoms with Gasteiger partial charge in [0.05, 0.1) is 0 Å². The average molecular weight is 338 g/mol. The first-order chi connectivity index (χ1) is 11.8. The molecular weight excluding hydrogens is 320 g/mol. The molecule has 4 nitrogen and oxygen atoms in total. The Bertz CT molecular complexity index is 736. The molecule has 122 valence electrons. The summed E-state index contributed by atoms with van der Waals surface area (Å²) in [5.41, 5.74) is 0. The summed E-state index contributed by atoms with van der Waals surface area (Å²) in [6, 6.07) is 19.2. The van der Waals surface area contributed by atoms with E-state index in [0.717, 1.165) is 28.2 Å². The molecule has 2 aromatic carbocycles. The number of thioether (sulfide) groups is 1. The highest BCUT2D eigenvalue weighted by atomic mass is 32.2. The fraction of sp³-hybridized carbons (Fsp3) is 0.158. The van der Waals surface area contributed by atoms with Crippen LogP contribution in [0.4, 0.5) is 0 Å². The first kappa shape index (κ1) is 16.3. The summed E-state index contributed by atoms with van der Waals surface area (Å²) in [6.07, 6.45) is 3.54. The molecule has 0 saturated heterocycles. The Morgan fingerprint density at radius 2 is 1.46 bits per heavy atom. The topological polar surface area (TPSA) is 44.2 Å². The SMILES string of the molecule is CC(CSc1ncccn1)Oc1ccc(Oc2ccccc2)cc1. The van der Waals surface area contributed by atoms with Gasteiger partial charge in [0.1, 0.15) is 23.4 Å². The molecular formula is C19H18N2O2S. The molecule has 0 radical (unpaired) electrons. The third-order valence-corrected chi connectivity index (χ3v) is 4.23. The number of aromatic nitrogens is 2. The maximum Gasteiger partial charge on any atom is 0.187 e. The van der Waals surface area contributed by atoms with Gasteiger partial charge in [-0.05, 0) is 49.4 Å². The summed E-state index contributed by atoms with van der Waals surface area (Å²) in [7, 11) is 0. The summed E-state index contributed by atoms with van der Waals surface area (Å²) in [4.78, 5) is 8.38. The van der Waals surface area contributed by atoms with Gasteiger partial charge in [0.25, 0.3) is 0 Å². The minimum atomic E-state index is 0.0553.